The molecule has 1 aliphatic heterocycles. The molecule has 1 heterocycles. The number of halogens is 4. The van der Waals surface area contributed by atoms with Gasteiger partial charge in [-0.3, -0.25) is 0 Å². The van der Waals surface area contributed by atoms with Gasteiger partial charge in [-0.1, -0.05) is 107 Å². The lowest BCUT2D eigenvalue weighted by molar-refractivity contribution is 1.02. The van der Waals surface area contributed by atoms with Gasteiger partial charge in [-0.15, -0.1) is 23.2 Å². The van der Waals surface area contributed by atoms with E-state index in [1.54, 1.807) is 0 Å². The van der Waals surface area contributed by atoms with Gasteiger partial charge >= 0.3 is 0 Å². The van der Waals surface area contributed by atoms with E-state index in [4.69, 9.17) is 45.7 Å². The standard InChI is InChI=1S/C24H18Cl2P2.CH2Cl2/c25-28(26)22-16-14-18-12-11-17-13-15-21(24(22)23(17)18)27(28,19-7-3-1-4-8-19)20-9-5-2-6-10-20;2-1-3/h1-10,13-16H,11-12H2;1H2. The summed E-state index contributed by atoms with van der Waals surface area (Å²) in [6.07, 6.45) is 2.24. The first kappa shape index (κ1) is 22.0. The Balaban J connectivity index is 0.000000646. The fourth-order valence-electron chi connectivity index (χ4n) is 5.09. The molecule has 0 bridgehead atoms. The Bertz CT molecular complexity index is 1310. The molecule has 158 valence electrons. The van der Waals surface area contributed by atoms with Gasteiger partial charge in [0.2, 0.25) is 0 Å². The van der Waals surface area contributed by atoms with Crippen molar-refractivity contribution in [1.82, 2.24) is 0 Å². The maximum absolute atomic E-state index is 7.55. The summed E-state index contributed by atoms with van der Waals surface area (Å²) in [6.45, 7) is -2.18. The second-order valence-electron chi connectivity index (χ2n) is 7.63. The molecular formula is C25H20Cl4P2. The van der Waals surface area contributed by atoms with Gasteiger partial charge in [0.05, 0.1) is 10.6 Å². The number of aryl methyl sites for hydroxylation is 2. The maximum atomic E-state index is 7.55. The average molecular weight is 524 g/mol. The second-order valence-corrected chi connectivity index (χ2v) is 21.2. The van der Waals surface area contributed by atoms with E-state index in [1.165, 1.54) is 43.1 Å². The van der Waals surface area contributed by atoms with E-state index >= 15 is 0 Å². The molecule has 0 nitrogen and oxygen atoms in total. The summed E-state index contributed by atoms with van der Waals surface area (Å²) in [5, 5.41) is 5.61. The lowest BCUT2D eigenvalue weighted by Gasteiger charge is -2.30. The summed E-state index contributed by atoms with van der Waals surface area (Å²) in [5.74, 6) is 0. The molecule has 0 saturated heterocycles. The topological polar surface area (TPSA) is 0 Å². The molecule has 4 aromatic carbocycles. The second kappa shape index (κ2) is 8.50. The van der Waals surface area contributed by atoms with Crippen LogP contribution in [0.5, 0.6) is 0 Å². The minimum absolute atomic E-state index is 0.194. The van der Waals surface area contributed by atoms with Crippen LogP contribution in [0.25, 0.3) is 10.8 Å². The lowest BCUT2D eigenvalue weighted by Crippen LogP contribution is -2.24. The number of hydrogen-bond acceptors (Lipinski definition) is 0. The quantitative estimate of drug-likeness (QED) is 0.188. The largest absolute Gasteiger partial charge is 0.109 e. The first-order chi connectivity index (χ1) is 15.1. The summed E-state index contributed by atoms with van der Waals surface area (Å²) in [5.41, 5.74) is 2.90. The van der Waals surface area contributed by atoms with Gasteiger partial charge in [0.1, 0.15) is 0 Å². The molecular weight excluding hydrogens is 504 g/mol. The minimum atomic E-state index is -2.49. The highest BCUT2D eigenvalue weighted by molar-refractivity contribution is 8.51. The summed E-state index contributed by atoms with van der Waals surface area (Å²) < 4.78 is 0. The third kappa shape index (κ3) is 3.11. The van der Waals surface area contributed by atoms with E-state index in [0.717, 1.165) is 12.8 Å². The Hall–Kier alpha value is -0.840. The van der Waals surface area contributed by atoms with E-state index < -0.39 is 11.8 Å². The molecule has 0 fully saturated rings. The molecule has 0 radical (unpaired) electrons. The van der Waals surface area contributed by atoms with Crippen LogP contribution >= 0.6 is 57.5 Å². The Morgan fingerprint density at radius 1 is 0.581 bits per heavy atom. The van der Waals surface area contributed by atoms with Gasteiger partial charge in [0.15, 0.2) is 0 Å². The van der Waals surface area contributed by atoms with Crippen LogP contribution < -0.4 is 21.2 Å². The van der Waals surface area contributed by atoms with Crippen LogP contribution in [-0.4, -0.2) is 5.34 Å². The number of alkyl halides is 2. The molecule has 0 amide bonds. The monoisotopic (exact) mass is 522 g/mol. The zero-order valence-corrected chi connectivity index (χ0v) is 21.4. The van der Waals surface area contributed by atoms with Crippen molar-refractivity contribution in [1.29, 1.82) is 0 Å². The molecule has 0 aromatic heterocycles. The van der Waals surface area contributed by atoms with Gasteiger partial charge in [0, 0.05) is 17.2 Å². The number of hydrogen-bond donors (Lipinski definition) is 0. The number of benzene rings is 4. The van der Waals surface area contributed by atoms with E-state index in [0.29, 0.717) is 0 Å². The molecule has 0 N–H and O–H groups in total. The summed E-state index contributed by atoms with van der Waals surface area (Å²) in [7, 11) is 0. The molecule has 4 aromatic rings. The summed E-state index contributed by atoms with van der Waals surface area (Å²) in [4.78, 5) is 0. The van der Waals surface area contributed by atoms with E-state index in [-0.39, 0.29) is 5.34 Å². The van der Waals surface area contributed by atoms with Gasteiger partial charge in [-0.25, -0.2) is 0 Å². The predicted octanol–water partition coefficient (Wildman–Crippen LogP) is 7.53. The van der Waals surface area contributed by atoms with Gasteiger partial charge in [-0.05, 0) is 45.3 Å². The van der Waals surface area contributed by atoms with Crippen molar-refractivity contribution in [3.63, 3.8) is 0 Å². The SMILES string of the molecule is ClCCl.ClP1(Cl)=P(c2ccccc2)(c2ccccc2)c2ccc3c4c(ccc1c24)CC3. The normalized spacial score (nSPS) is 16.8. The number of rotatable bonds is 2. The first-order valence-electron chi connectivity index (χ1n) is 10.1. The molecule has 6 rings (SSSR count). The van der Waals surface area contributed by atoms with Crippen LogP contribution in [0.1, 0.15) is 11.1 Å². The van der Waals surface area contributed by atoms with Crippen LogP contribution in [0.3, 0.4) is 0 Å². The predicted molar refractivity (Wildman–Crippen MR) is 145 cm³/mol. The highest BCUT2D eigenvalue weighted by Crippen LogP contribution is 2.82. The fourth-order valence-corrected chi connectivity index (χ4v) is 20.8. The zero-order chi connectivity index (χ0) is 21.6. The maximum Gasteiger partial charge on any atom is 0.0974 e. The Morgan fingerprint density at radius 3 is 1.52 bits per heavy atom. The Kier molecular flexibility index (Phi) is 6.03. The summed E-state index contributed by atoms with van der Waals surface area (Å²) in [6, 6.07) is 30.7. The first-order valence-corrected chi connectivity index (χ1v) is 17.2. The van der Waals surface area contributed by atoms with Crippen molar-refractivity contribution in [2.24, 2.45) is 0 Å². The average Bonchev–Trinajstić information content (AvgIpc) is 3.30. The molecule has 0 unspecified atom stereocenters. The Morgan fingerprint density at radius 2 is 1.03 bits per heavy atom. The molecule has 0 spiro atoms. The fraction of sp³-hybridized carbons (Fsp3) is 0.120. The van der Waals surface area contributed by atoms with Crippen molar-refractivity contribution >= 4 is 89.5 Å². The summed E-state index contributed by atoms with van der Waals surface area (Å²) >= 11 is 24.6. The van der Waals surface area contributed by atoms with Crippen molar-refractivity contribution < 1.29 is 0 Å². The lowest BCUT2D eigenvalue weighted by atomic mass is 10.1. The van der Waals surface area contributed by atoms with E-state index in [9.17, 15) is 0 Å². The van der Waals surface area contributed by atoms with Crippen LogP contribution in [-0.2, 0) is 12.8 Å². The Labute approximate surface area is 202 Å². The van der Waals surface area contributed by atoms with Gasteiger partial charge in [-0.2, -0.15) is 0 Å². The molecule has 0 saturated carbocycles. The van der Waals surface area contributed by atoms with Crippen molar-refractivity contribution in [2.75, 3.05) is 5.34 Å². The highest BCUT2D eigenvalue weighted by atomic mass is 35.9. The molecule has 6 heteroatoms. The van der Waals surface area contributed by atoms with Crippen LogP contribution in [0.2, 0.25) is 0 Å². The molecule has 1 aliphatic carbocycles. The van der Waals surface area contributed by atoms with Crippen LogP contribution in [0, 0.1) is 0 Å². The van der Waals surface area contributed by atoms with Gasteiger partial charge in [0.25, 0.3) is 0 Å². The third-order valence-corrected chi connectivity index (χ3v) is 21.2. The van der Waals surface area contributed by atoms with Crippen LogP contribution in [0.15, 0.2) is 84.9 Å². The zero-order valence-electron chi connectivity index (χ0n) is 16.6. The molecule has 0 atom stereocenters. The van der Waals surface area contributed by atoms with Crippen molar-refractivity contribution in [2.45, 2.75) is 12.8 Å². The smallest absolute Gasteiger partial charge is 0.0974 e. The minimum Gasteiger partial charge on any atom is -0.109 e. The van der Waals surface area contributed by atoms with Gasteiger partial charge < -0.3 is 0 Å². The third-order valence-electron chi connectivity index (χ3n) is 6.23. The molecule has 2 aliphatic rings. The highest BCUT2D eigenvalue weighted by Gasteiger charge is 2.44. The van der Waals surface area contributed by atoms with Crippen molar-refractivity contribution in [3.8, 4) is 0 Å². The van der Waals surface area contributed by atoms with E-state index in [2.05, 4.69) is 84.9 Å². The van der Waals surface area contributed by atoms with Crippen molar-refractivity contribution in [3.05, 3.63) is 96.1 Å². The van der Waals surface area contributed by atoms with Crippen LogP contribution in [0.4, 0.5) is 0 Å². The molecule has 31 heavy (non-hydrogen) atoms. The van der Waals surface area contributed by atoms with E-state index in [1.807, 2.05) is 0 Å².